The highest BCUT2D eigenvalue weighted by Crippen LogP contribution is 2.34. The maximum absolute atomic E-state index is 12.5. The molecule has 2 atom stereocenters. The van der Waals surface area contributed by atoms with Gasteiger partial charge in [0.15, 0.2) is 0 Å². The van der Waals surface area contributed by atoms with Crippen LogP contribution in [0.3, 0.4) is 0 Å². The van der Waals surface area contributed by atoms with Crippen molar-refractivity contribution in [3.05, 3.63) is 47.5 Å². The zero-order chi connectivity index (χ0) is 16.7. The van der Waals surface area contributed by atoms with Gasteiger partial charge >= 0.3 is 0 Å². The lowest BCUT2D eigenvalue weighted by atomic mass is 10.1. The summed E-state index contributed by atoms with van der Waals surface area (Å²) in [4.78, 5) is 21.6. The van der Waals surface area contributed by atoms with Crippen LogP contribution in [0.4, 0.5) is 0 Å². The lowest BCUT2D eigenvalue weighted by molar-refractivity contribution is -0.129. The number of aromatic nitrogens is 3. The molecule has 0 bridgehead atoms. The third-order valence-electron chi connectivity index (χ3n) is 5.15. The highest BCUT2D eigenvalue weighted by molar-refractivity contribution is 5.80. The number of pyridine rings is 1. The standard InChI is InChI=1S/C18H23N5O/c1-13-4-3-5-15(20-13)12-23-16-6-7-22(17(16)8-18(23)24)11-14-9-19-21(2)10-14/h3-5,9-10,16-17H,6-8,11-12H2,1-2H3/t16-,17-/m1/s1. The number of amides is 1. The first-order valence-electron chi connectivity index (χ1n) is 8.54. The Morgan fingerprint density at radius 3 is 2.88 bits per heavy atom. The number of likely N-dealkylation sites (tertiary alicyclic amines) is 2. The molecule has 0 aliphatic carbocycles. The van der Waals surface area contributed by atoms with E-state index < -0.39 is 0 Å². The van der Waals surface area contributed by atoms with Crippen LogP contribution in [0.15, 0.2) is 30.6 Å². The first-order valence-corrected chi connectivity index (χ1v) is 8.54. The molecule has 0 saturated carbocycles. The van der Waals surface area contributed by atoms with Crippen molar-refractivity contribution in [3.8, 4) is 0 Å². The Morgan fingerprint density at radius 2 is 2.12 bits per heavy atom. The summed E-state index contributed by atoms with van der Waals surface area (Å²) in [6.07, 6.45) is 5.64. The van der Waals surface area contributed by atoms with Crippen LogP contribution >= 0.6 is 0 Å². The molecule has 4 rings (SSSR count). The third-order valence-corrected chi connectivity index (χ3v) is 5.15. The van der Waals surface area contributed by atoms with E-state index in [-0.39, 0.29) is 5.91 Å². The molecule has 2 aliphatic heterocycles. The van der Waals surface area contributed by atoms with Gasteiger partial charge in [0.1, 0.15) is 0 Å². The van der Waals surface area contributed by atoms with Gasteiger partial charge in [-0.1, -0.05) is 6.07 Å². The van der Waals surface area contributed by atoms with Gasteiger partial charge < -0.3 is 4.90 Å². The van der Waals surface area contributed by atoms with Crippen LogP contribution < -0.4 is 0 Å². The van der Waals surface area contributed by atoms with Crippen molar-refractivity contribution >= 4 is 5.91 Å². The molecule has 6 heteroatoms. The zero-order valence-corrected chi connectivity index (χ0v) is 14.2. The first-order chi connectivity index (χ1) is 11.6. The lowest BCUT2D eigenvalue weighted by Gasteiger charge is -2.25. The van der Waals surface area contributed by atoms with Crippen molar-refractivity contribution in [1.29, 1.82) is 0 Å². The van der Waals surface area contributed by atoms with Crippen LogP contribution in [0, 0.1) is 6.92 Å². The number of carbonyl (C=O) groups is 1. The second-order valence-corrected chi connectivity index (χ2v) is 6.91. The van der Waals surface area contributed by atoms with Gasteiger partial charge in [-0.15, -0.1) is 0 Å². The minimum Gasteiger partial charge on any atom is -0.332 e. The predicted molar refractivity (Wildman–Crippen MR) is 90.0 cm³/mol. The van der Waals surface area contributed by atoms with Crippen LogP contribution in [0.5, 0.6) is 0 Å². The van der Waals surface area contributed by atoms with Crippen LogP contribution in [0.2, 0.25) is 0 Å². The van der Waals surface area contributed by atoms with Crippen LogP contribution in [-0.4, -0.2) is 49.1 Å². The number of rotatable bonds is 4. The monoisotopic (exact) mass is 325 g/mol. The van der Waals surface area contributed by atoms with E-state index in [1.807, 2.05) is 47.9 Å². The minimum atomic E-state index is 0.254. The van der Waals surface area contributed by atoms with E-state index in [1.165, 1.54) is 5.56 Å². The molecule has 0 radical (unpaired) electrons. The Kier molecular flexibility index (Phi) is 3.84. The molecule has 2 aliphatic rings. The zero-order valence-electron chi connectivity index (χ0n) is 14.2. The maximum Gasteiger partial charge on any atom is 0.224 e. The van der Waals surface area contributed by atoms with Gasteiger partial charge in [0, 0.05) is 56.1 Å². The average Bonchev–Trinajstić information content (AvgIpc) is 3.20. The maximum atomic E-state index is 12.5. The molecule has 126 valence electrons. The summed E-state index contributed by atoms with van der Waals surface area (Å²) in [6, 6.07) is 6.65. The summed E-state index contributed by atoms with van der Waals surface area (Å²) in [7, 11) is 1.94. The predicted octanol–water partition coefficient (Wildman–Crippen LogP) is 1.50. The van der Waals surface area contributed by atoms with Gasteiger partial charge in [-0.3, -0.25) is 19.4 Å². The first kappa shape index (κ1) is 15.3. The topological polar surface area (TPSA) is 54.3 Å². The van der Waals surface area contributed by atoms with Crippen molar-refractivity contribution in [2.24, 2.45) is 7.05 Å². The average molecular weight is 325 g/mol. The number of hydrogen-bond acceptors (Lipinski definition) is 4. The molecule has 1 amide bonds. The smallest absolute Gasteiger partial charge is 0.224 e. The minimum absolute atomic E-state index is 0.254. The van der Waals surface area contributed by atoms with E-state index in [0.717, 1.165) is 30.9 Å². The van der Waals surface area contributed by atoms with Crippen LogP contribution in [-0.2, 0) is 24.9 Å². The van der Waals surface area contributed by atoms with Crippen molar-refractivity contribution in [3.63, 3.8) is 0 Å². The molecule has 2 saturated heterocycles. The molecule has 4 heterocycles. The Hall–Kier alpha value is -2.21. The van der Waals surface area contributed by atoms with Crippen molar-refractivity contribution < 1.29 is 4.79 Å². The molecule has 0 N–H and O–H groups in total. The molecule has 2 fully saturated rings. The number of aryl methyl sites for hydroxylation is 2. The Labute approximate surface area is 142 Å². The summed E-state index contributed by atoms with van der Waals surface area (Å²) in [5, 5.41) is 4.24. The SMILES string of the molecule is Cc1cccc(CN2C(=O)C[C@@H]3[C@H]2CCN3Cc2cnn(C)c2)n1. The van der Waals surface area contributed by atoms with Gasteiger partial charge in [0.05, 0.1) is 18.4 Å². The molecule has 2 aromatic rings. The van der Waals surface area contributed by atoms with Crippen LogP contribution in [0.1, 0.15) is 29.8 Å². The molecule has 0 aromatic carbocycles. The third kappa shape index (κ3) is 2.82. The van der Waals surface area contributed by atoms with Gasteiger partial charge in [0.2, 0.25) is 5.91 Å². The fourth-order valence-corrected chi connectivity index (χ4v) is 4.06. The molecule has 6 nitrogen and oxygen atoms in total. The van der Waals surface area contributed by atoms with E-state index in [4.69, 9.17) is 0 Å². The summed E-state index contributed by atoms with van der Waals surface area (Å²) in [6.45, 7) is 4.53. The van der Waals surface area contributed by atoms with Gasteiger partial charge in [-0.05, 0) is 25.5 Å². The second-order valence-electron chi connectivity index (χ2n) is 6.91. The van der Waals surface area contributed by atoms with Crippen LogP contribution in [0.25, 0.3) is 0 Å². The molecule has 24 heavy (non-hydrogen) atoms. The largest absolute Gasteiger partial charge is 0.332 e. The normalized spacial score (nSPS) is 23.9. The summed E-state index contributed by atoms with van der Waals surface area (Å²) >= 11 is 0. The van der Waals surface area contributed by atoms with Gasteiger partial charge in [-0.2, -0.15) is 5.10 Å². The fourth-order valence-electron chi connectivity index (χ4n) is 4.06. The molecular weight excluding hydrogens is 302 g/mol. The highest BCUT2D eigenvalue weighted by Gasteiger charge is 2.46. The van der Waals surface area contributed by atoms with Gasteiger partial charge in [0.25, 0.3) is 0 Å². The Balaban J connectivity index is 1.47. The molecule has 0 unspecified atom stereocenters. The molecule has 2 aromatic heterocycles. The second kappa shape index (κ2) is 6.02. The number of fused-ring (bicyclic) bond motifs is 1. The summed E-state index contributed by atoms with van der Waals surface area (Å²) in [5.74, 6) is 0.254. The number of nitrogens with zero attached hydrogens (tertiary/aromatic N) is 5. The summed E-state index contributed by atoms with van der Waals surface area (Å²) in [5.41, 5.74) is 3.19. The van der Waals surface area contributed by atoms with E-state index in [0.29, 0.717) is 25.0 Å². The molecular formula is C18H23N5O. The fraction of sp³-hybridized carbons (Fsp3) is 0.500. The molecule has 0 spiro atoms. The van der Waals surface area contributed by atoms with E-state index in [9.17, 15) is 4.79 Å². The van der Waals surface area contributed by atoms with Crippen molar-refractivity contribution in [2.75, 3.05) is 6.54 Å². The highest BCUT2D eigenvalue weighted by atomic mass is 16.2. The van der Waals surface area contributed by atoms with Gasteiger partial charge in [-0.25, -0.2) is 0 Å². The van der Waals surface area contributed by atoms with Crippen molar-refractivity contribution in [2.45, 2.75) is 44.9 Å². The lowest BCUT2D eigenvalue weighted by Crippen LogP contribution is -2.36. The number of hydrogen-bond donors (Lipinski definition) is 0. The van der Waals surface area contributed by atoms with E-state index in [1.54, 1.807) is 0 Å². The number of carbonyl (C=O) groups excluding carboxylic acids is 1. The van der Waals surface area contributed by atoms with E-state index in [2.05, 4.69) is 21.2 Å². The Bertz CT molecular complexity index is 755. The summed E-state index contributed by atoms with van der Waals surface area (Å²) < 4.78 is 1.83. The van der Waals surface area contributed by atoms with Crippen molar-refractivity contribution in [1.82, 2.24) is 24.6 Å². The van der Waals surface area contributed by atoms with E-state index >= 15 is 0 Å². The Morgan fingerprint density at radius 1 is 1.25 bits per heavy atom. The quantitative estimate of drug-likeness (QED) is 0.855.